The Hall–Kier alpha value is -0.250. The van der Waals surface area contributed by atoms with Gasteiger partial charge in [-0.2, -0.15) is 0 Å². The maximum Gasteiger partial charge on any atom is 0.134 e. The molecule has 2 rings (SSSR count). The standard InChI is InChI=1S/C11H12BrClO2/c12-11-8(6-13)2-1-3-10(11)15-9-4-5-14-7-9/h1-3,9H,4-7H2. The molecule has 1 aromatic rings. The van der Waals surface area contributed by atoms with E-state index in [1.54, 1.807) is 0 Å². The number of ether oxygens (including phenoxy) is 2. The number of rotatable bonds is 3. The van der Waals surface area contributed by atoms with Crippen LogP contribution in [0, 0.1) is 0 Å². The SMILES string of the molecule is ClCc1cccc(OC2CCOC2)c1Br. The second kappa shape index (κ2) is 5.19. The van der Waals surface area contributed by atoms with E-state index in [0.29, 0.717) is 12.5 Å². The van der Waals surface area contributed by atoms with E-state index in [2.05, 4.69) is 15.9 Å². The highest BCUT2D eigenvalue weighted by Gasteiger charge is 2.18. The Kier molecular flexibility index (Phi) is 3.89. The Balaban J connectivity index is 2.13. The molecule has 1 fully saturated rings. The summed E-state index contributed by atoms with van der Waals surface area (Å²) in [6, 6.07) is 5.88. The zero-order valence-corrected chi connectivity index (χ0v) is 10.6. The zero-order chi connectivity index (χ0) is 10.7. The summed E-state index contributed by atoms with van der Waals surface area (Å²) in [5.41, 5.74) is 1.05. The van der Waals surface area contributed by atoms with Gasteiger partial charge in [0.1, 0.15) is 11.9 Å². The molecule has 4 heteroatoms. The van der Waals surface area contributed by atoms with Crippen LogP contribution in [-0.2, 0) is 10.6 Å². The van der Waals surface area contributed by atoms with Crippen molar-refractivity contribution in [2.75, 3.05) is 13.2 Å². The highest BCUT2D eigenvalue weighted by Crippen LogP contribution is 2.31. The van der Waals surface area contributed by atoms with Crippen molar-refractivity contribution < 1.29 is 9.47 Å². The molecule has 1 atom stereocenters. The van der Waals surface area contributed by atoms with Crippen LogP contribution in [0.15, 0.2) is 22.7 Å². The molecule has 0 aliphatic carbocycles. The molecular formula is C11H12BrClO2. The topological polar surface area (TPSA) is 18.5 Å². The first-order chi connectivity index (χ1) is 7.31. The van der Waals surface area contributed by atoms with Crippen molar-refractivity contribution in [3.05, 3.63) is 28.2 Å². The van der Waals surface area contributed by atoms with Crippen molar-refractivity contribution in [1.82, 2.24) is 0 Å². The van der Waals surface area contributed by atoms with Crippen molar-refractivity contribution in [3.8, 4) is 5.75 Å². The Morgan fingerprint density at radius 3 is 3.07 bits per heavy atom. The van der Waals surface area contributed by atoms with Crippen molar-refractivity contribution in [1.29, 1.82) is 0 Å². The molecule has 1 saturated heterocycles. The van der Waals surface area contributed by atoms with Gasteiger partial charge in [-0.1, -0.05) is 12.1 Å². The Bertz CT molecular complexity index is 337. The summed E-state index contributed by atoms with van der Waals surface area (Å²) in [5, 5.41) is 0. The van der Waals surface area contributed by atoms with E-state index in [9.17, 15) is 0 Å². The third kappa shape index (κ3) is 2.65. The number of alkyl halides is 1. The van der Waals surface area contributed by atoms with Crippen LogP contribution >= 0.6 is 27.5 Å². The van der Waals surface area contributed by atoms with Gasteiger partial charge < -0.3 is 9.47 Å². The summed E-state index contributed by atoms with van der Waals surface area (Å²) < 4.78 is 12.0. The van der Waals surface area contributed by atoms with Crippen molar-refractivity contribution in [2.45, 2.75) is 18.4 Å². The average molecular weight is 292 g/mol. The van der Waals surface area contributed by atoms with E-state index in [1.807, 2.05) is 18.2 Å². The summed E-state index contributed by atoms with van der Waals surface area (Å²) in [7, 11) is 0. The van der Waals surface area contributed by atoms with E-state index >= 15 is 0 Å². The lowest BCUT2D eigenvalue weighted by Crippen LogP contribution is -2.16. The quantitative estimate of drug-likeness (QED) is 0.795. The molecule has 0 N–H and O–H groups in total. The fraction of sp³-hybridized carbons (Fsp3) is 0.455. The molecule has 0 saturated carbocycles. The predicted octanol–water partition coefficient (Wildman–Crippen LogP) is 3.36. The van der Waals surface area contributed by atoms with Crippen molar-refractivity contribution >= 4 is 27.5 Å². The van der Waals surface area contributed by atoms with Gasteiger partial charge in [-0.05, 0) is 27.6 Å². The highest BCUT2D eigenvalue weighted by atomic mass is 79.9. The van der Waals surface area contributed by atoms with Gasteiger partial charge in [-0.3, -0.25) is 0 Å². The van der Waals surface area contributed by atoms with Crippen LogP contribution in [0.2, 0.25) is 0 Å². The highest BCUT2D eigenvalue weighted by molar-refractivity contribution is 9.10. The minimum atomic E-state index is 0.173. The molecule has 0 aromatic heterocycles. The summed E-state index contributed by atoms with van der Waals surface area (Å²) in [6.07, 6.45) is 1.13. The lowest BCUT2D eigenvalue weighted by atomic mass is 10.2. The summed E-state index contributed by atoms with van der Waals surface area (Å²) in [6.45, 7) is 1.47. The molecule has 82 valence electrons. The van der Waals surface area contributed by atoms with Gasteiger partial charge in [-0.25, -0.2) is 0 Å². The second-order valence-corrected chi connectivity index (χ2v) is 4.53. The molecular weight excluding hydrogens is 279 g/mol. The lowest BCUT2D eigenvalue weighted by molar-refractivity contribution is 0.141. The minimum absolute atomic E-state index is 0.173. The third-order valence-corrected chi connectivity index (χ3v) is 3.56. The fourth-order valence-electron chi connectivity index (χ4n) is 1.54. The van der Waals surface area contributed by atoms with E-state index in [4.69, 9.17) is 21.1 Å². The van der Waals surface area contributed by atoms with Gasteiger partial charge in [0.25, 0.3) is 0 Å². The molecule has 1 aliphatic rings. The van der Waals surface area contributed by atoms with Gasteiger partial charge in [0, 0.05) is 12.3 Å². The smallest absolute Gasteiger partial charge is 0.134 e. The van der Waals surface area contributed by atoms with Crippen LogP contribution in [0.5, 0.6) is 5.75 Å². The van der Waals surface area contributed by atoms with Gasteiger partial charge in [0.05, 0.1) is 17.7 Å². The van der Waals surface area contributed by atoms with E-state index in [-0.39, 0.29) is 6.10 Å². The van der Waals surface area contributed by atoms with Crippen molar-refractivity contribution in [2.24, 2.45) is 0 Å². The predicted molar refractivity (Wildman–Crippen MR) is 63.6 cm³/mol. The Labute approximate surface area is 103 Å². The van der Waals surface area contributed by atoms with Gasteiger partial charge in [0.15, 0.2) is 0 Å². The number of hydrogen-bond donors (Lipinski definition) is 0. The van der Waals surface area contributed by atoms with Crippen LogP contribution < -0.4 is 4.74 Å². The molecule has 0 amide bonds. The lowest BCUT2D eigenvalue weighted by Gasteiger charge is -2.14. The first kappa shape index (κ1) is 11.2. The van der Waals surface area contributed by atoms with Crippen molar-refractivity contribution in [3.63, 3.8) is 0 Å². The maximum atomic E-state index is 5.82. The Morgan fingerprint density at radius 2 is 2.40 bits per heavy atom. The molecule has 1 aliphatic heterocycles. The maximum absolute atomic E-state index is 5.82. The fourth-order valence-corrected chi connectivity index (χ4v) is 2.42. The van der Waals surface area contributed by atoms with E-state index in [1.165, 1.54) is 0 Å². The Morgan fingerprint density at radius 1 is 1.53 bits per heavy atom. The van der Waals surface area contributed by atoms with Gasteiger partial charge in [0.2, 0.25) is 0 Å². The normalized spacial score (nSPS) is 20.5. The molecule has 1 heterocycles. The van der Waals surface area contributed by atoms with Crippen LogP contribution in [0.4, 0.5) is 0 Å². The zero-order valence-electron chi connectivity index (χ0n) is 8.21. The second-order valence-electron chi connectivity index (χ2n) is 3.47. The van der Waals surface area contributed by atoms with E-state index in [0.717, 1.165) is 28.8 Å². The monoisotopic (exact) mass is 290 g/mol. The number of benzene rings is 1. The average Bonchev–Trinajstić information content (AvgIpc) is 2.74. The van der Waals surface area contributed by atoms with Crippen LogP contribution in [0.1, 0.15) is 12.0 Å². The van der Waals surface area contributed by atoms with Crippen LogP contribution in [0.3, 0.4) is 0 Å². The minimum Gasteiger partial charge on any atom is -0.487 e. The summed E-state index contributed by atoms with van der Waals surface area (Å²) >= 11 is 9.31. The first-order valence-electron chi connectivity index (χ1n) is 4.89. The van der Waals surface area contributed by atoms with Crippen LogP contribution in [-0.4, -0.2) is 19.3 Å². The molecule has 0 bridgehead atoms. The van der Waals surface area contributed by atoms with Gasteiger partial charge in [-0.15, -0.1) is 11.6 Å². The molecule has 1 aromatic carbocycles. The molecule has 15 heavy (non-hydrogen) atoms. The summed E-state index contributed by atoms with van der Waals surface area (Å²) in [4.78, 5) is 0. The van der Waals surface area contributed by atoms with E-state index < -0.39 is 0 Å². The molecule has 0 radical (unpaired) electrons. The number of halogens is 2. The van der Waals surface area contributed by atoms with Crippen LogP contribution in [0.25, 0.3) is 0 Å². The molecule has 0 spiro atoms. The van der Waals surface area contributed by atoms with Gasteiger partial charge >= 0.3 is 0 Å². The largest absolute Gasteiger partial charge is 0.487 e. The molecule has 2 nitrogen and oxygen atoms in total. The first-order valence-corrected chi connectivity index (χ1v) is 6.22. The molecule has 1 unspecified atom stereocenters. The third-order valence-electron chi connectivity index (χ3n) is 2.37. The number of hydrogen-bond acceptors (Lipinski definition) is 2. The summed E-state index contributed by atoms with van der Waals surface area (Å²) in [5.74, 6) is 1.34.